The van der Waals surface area contributed by atoms with Gasteiger partial charge in [-0.05, 0) is 41.0 Å². The standard InChI is InChI=1S/C27H34N2O5/c1-18(2)15-29(16-25(30)31)26(32)19(3)9-8-14-28-27(33)34-17-24-22-12-6-4-10-20(22)21-11-5-7-13-23(21)24/h4-7,10-13,18-19,24H,8-9,14-17H2,1-3H3,(H,28,33)(H,30,31). The molecule has 0 aliphatic heterocycles. The third-order valence-corrected chi connectivity index (χ3v) is 6.07. The van der Waals surface area contributed by atoms with Gasteiger partial charge in [0.15, 0.2) is 0 Å². The molecule has 2 aromatic rings. The zero-order chi connectivity index (χ0) is 24.7. The molecule has 0 saturated heterocycles. The molecular weight excluding hydrogens is 432 g/mol. The highest BCUT2D eigenvalue weighted by atomic mass is 16.5. The lowest BCUT2D eigenvalue weighted by Gasteiger charge is -2.26. The van der Waals surface area contributed by atoms with Crippen molar-refractivity contribution in [2.45, 2.75) is 39.5 Å². The summed E-state index contributed by atoms with van der Waals surface area (Å²) in [6.07, 6.45) is 0.671. The van der Waals surface area contributed by atoms with E-state index in [1.54, 1.807) is 6.92 Å². The lowest BCUT2D eigenvalue weighted by molar-refractivity contribution is -0.146. The molecule has 2 N–H and O–H groups in total. The zero-order valence-electron chi connectivity index (χ0n) is 20.1. The molecule has 34 heavy (non-hydrogen) atoms. The second-order valence-electron chi connectivity index (χ2n) is 9.30. The molecule has 7 nitrogen and oxygen atoms in total. The summed E-state index contributed by atoms with van der Waals surface area (Å²) in [4.78, 5) is 37.4. The van der Waals surface area contributed by atoms with Crippen molar-refractivity contribution in [3.05, 3.63) is 59.7 Å². The van der Waals surface area contributed by atoms with Crippen molar-refractivity contribution >= 4 is 18.0 Å². The van der Waals surface area contributed by atoms with Crippen LogP contribution in [0, 0.1) is 11.8 Å². The number of hydrogen-bond donors (Lipinski definition) is 2. The van der Waals surface area contributed by atoms with Crippen molar-refractivity contribution in [1.29, 1.82) is 0 Å². The van der Waals surface area contributed by atoms with E-state index in [2.05, 4.69) is 29.6 Å². The first-order chi connectivity index (χ1) is 16.3. The van der Waals surface area contributed by atoms with Gasteiger partial charge in [0, 0.05) is 24.9 Å². The van der Waals surface area contributed by atoms with E-state index in [4.69, 9.17) is 9.84 Å². The smallest absolute Gasteiger partial charge is 0.407 e. The van der Waals surface area contributed by atoms with Crippen LogP contribution in [-0.2, 0) is 14.3 Å². The highest BCUT2D eigenvalue weighted by Gasteiger charge is 2.29. The van der Waals surface area contributed by atoms with E-state index >= 15 is 0 Å². The molecule has 0 aromatic heterocycles. The normalized spacial score (nSPS) is 13.2. The van der Waals surface area contributed by atoms with Gasteiger partial charge in [0.2, 0.25) is 5.91 Å². The van der Waals surface area contributed by atoms with E-state index in [1.165, 1.54) is 16.0 Å². The number of rotatable bonds is 11. The van der Waals surface area contributed by atoms with Crippen molar-refractivity contribution in [2.75, 3.05) is 26.2 Å². The van der Waals surface area contributed by atoms with Crippen molar-refractivity contribution in [2.24, 2.45) is 11.8 Å². The van der Waals surface area contributed by atoms with Crippen LogP contribution < -0.4 is 5.32 Å². The van der Waals surface area contributed by atoms with Crippen LogP contribution in [0.1, 0.15) is 50.7 Å². The molecule has 0 saturated carbocycles. The van der Waals surface area contributed by atoms with E-state index in [0.717, 1.165) is 11.1 Å². The predicted octanol–water partition coefficient (Wildman–Crippen LogP) is 4.51. The number of nitrogens with zero attached hydrogens (tertiary/aromatic N) is 1. The van der Waals surface area contributed by atoms with Crippen molar-refractivity contribution in [1.82, 2.24) is 10.2 Å². The highest BCUT2D eigenvalue weighted by Crippen LogP contribution is 2.44. The summed E-state index contributed by atoms with van der Waals surface area (Å²) in [7, 11) is 0. The zero-order valence-corrected chi connectivity index (χ0v) is 20.1. The fourth-order valence-electron chi connectivity index (χ4n) is 4.52. The van der Waals surface area contributed by atoms with Crippen LogP contribution in [0.25, 0.3) is 11.1 Å². The molecule has 2 amide bonds. The molecule has 0 heterocycles. The van der Waals surface area contributed by atoms with Gasteiger partial charge in [-0.25, -0.2) is 4.79 Å². The predicted molar refractivity (Wildman–Crippen MR) is 131 cm³/mol. The molecule has 3 rings (SSSR count). The Balaban J connectivity index is 1.44. The minimum atomic E-state index is -1.02. The van der Waals surface area contributed by atoms with E-state index < -0.39 is 12.1 Å². The number of alkyl carbamates (subject to hydrolysis) is 1. The van der Waals surface area contributed by atoms with Gasteiger partial charge in [0.05, 0.1) is 0 Å². The molecule has 1 atom stereocenters. The molecule has 0 radical (unpaired) electrons. The third kappa shape index (κ3) is 6.37. The van der Waals surface area contributed by atoms with Gasteiger partial charge in [0.25, 0.3) is 0 Å². The fourth-order valence-corrected chi connectivity index (χ4v) is 4.52. The lowest BCUT2D eigenvalue weighted by Crippen LogP contribution is -2.41. The average molecular weight is 467 g/mol. The van der Waals surface area contributed by atoms with Crippen LogP contribution in [0.5, 0.6) is 0 Å². The molecular formula is C27H34N2O5. The Labute approximate surface area is 201 Å². The monoisotopic (exact) mass is 466 g/mol. The molecule has 1 aliphatic carbocycles. The van der Waals surface area contributed by atoms with Crippen LogP contribution >= 0.6 is 0 Å². The summed E-state index contributed by atoms with van der Waals surface area (Å²) in [6, 6.07) is 16.4. The van der Waals surface area contributed by atoms with Crippen molar-refractivity contribution < 1.29 is 24.2 Å². The number of nitrogens with one attached hydrogen (secondary N) is 1. The van der Waals surface area contributed by atoms with Gasteiger partial charge in [-0.3, -0.25) is 9.59 Å². The molecule has 0 bridgehead atoms. The maximum atomic E-state index is 12.6. The molecule has 182 valence electrons. The van der Waals surface area contributed by atoms with Crippen LogP contribution in [-0.4, -0.2) is 54.2 Å². The van der Waals surface area contributed by atoms with Gasteiger partial charge in [0.1, 0.15) is 13.2 Å². The first-order valence-electron chi connectivity index (χ1n) is 11.9. The van der Waals surface area contributed by atoms with E-state index in [0.29, 0.717) is 25.9 Å². The van der Waals surface area contributed by atoms with E-state index in [1.807, 2.05) is 38.1 Å². The Bertz CT molecular complexity index is 974. The maximum absolute atomic E-state index is 12.6. The van der Waals surface area contributed by atoms with Gasteiger partial charge in [-0.2, -0.15) is 0 Å². The topological polar surface area (TPSA) is 95.9 Å². The number of amides is 2. The van der Waals surface area contributed by atoms with Crippen LogP contribution in [0.3, 0.4) is 0 Å². The first kappa shape index (κ1) is 25.3. The Morgan fingerprint density at radius 3 is 2.15 bits per heavy atom. The minimum Gasteiger partial charge on any atom is -0.480 e. The number of hydrogen-bond acceptors (Lipinski definition) is 4. The number of aliphatic carboxylic acids is 1. The van der Waals surface area contributed by atoms with E-state index in [-0.39, 0.29) is 36.8 Å². The van der Waals surface area contributed by atoms with Gasteiger partial charge >= 0.3 is 12.1 Å². The van der Waals surface area contributed by atoms with Gasteiger partial charge < -0.3 is 20.1 Å². The molecule has 7 heteroatoms. The summed E-state index contributed by atoms with van der Waals surface area (Å²) in [5, 5.41) is 11.8. The Kier molecular flexibility index (Phi) is 8.68. The number of carboxylic acids is 1. The number of fused-ring (bicyclic) bond motifs is 3. The number of carbonyl (C=O) groups excluding carboxylic acids is 2. The van der Waals surface area contributed by atoms with E-state index in [9.17, 15) is 14.4 Å². The second-order valence-corrected chi connectivity index (χ2v) is 9.30. The minimum absolute atomic E-state index is 0.0111. The van der Waals surface area contributed by atoms with Crippen LogP contribution in [0.2, 0.25) is 0 Å². The number of carboxylic acid groups (broad SMARTS) is 1. The number of benzene rings is 2. The van der Waals surface area contributed by atoms with Crippen molar-refractivity contribution in [3.8, 4) is 11.1 Å². The summed E-state index contributed by atoms with van der Waals surface area (Å²) >= 11 is 0. The Morgan fingerprint density at radius 2 is 1.59 bits per heavy atom. The van der Waals surface area contributed by atoms with Crippen LogP contribution in [0.15, 0.2) is 48.5 Å². The largest absolute Gasteiger partial charge is 0.480 e. The number of ether oxygens (including phenoxy) is 1. The Morgan fingerprint density at radius 1 is 1.00 bits per heavy atom. The quantitative estimate of drug-likeness (QED) is 0.475. The molecule has 0 spiro atoms. The number of carbonyl (C=O) groups is 3. The maximum Gasteiger partial charge on any atom is 0.407 e. The van der Waals surface area contributed by atoms with Crippen molar-refractivity contribution in [3.63, 3.8) is 0 Å². The second kappa shape index (κ2) is 11.7. The lowest BCUT2D eigenvalue weighted by atomic mass is 9.98. The fraction of sp³-hybridized carbons (Fsp3) is 0.444. The summed E-state index contributed by atoms with van der Waals surface area (Å²) < 4.78 is 5.53. The molecule has 2 aromatic carbocycles. The molecule has 1 aliphatic rings. The summed E-state index contributed by atoms with van der Waals surface area (Å²) in [5.74, 6) is -1.31. The Hall–Kier alpha value is -3.35. The summed E-state index contributed by atoms with van der Waals surface area (Å²) in [6.45, 7) is 6.46. The average Bonchev–Trinajstić information content (AvgIpc) is 3.12. The molecule has 0 fully saturated rings. The van der Waals surface area contributed by atoms with Gasteiger partial charge in [-0.1, -0.05) is 69.3 Å². The summed E-state index contributed by atoms with van der Waals surface area (Å²) in [5.41, 5.74) is 4.69. The highest BCUT2D eigenvalue weighted by molar-refractivity contribution is 5.83. The third-order valence-electron chi connectivity index (χ3n) is 6.07. The van der Waals surface area contributed by atoms with Crippen LogP contribution in [0.4, 0.5) is 4.79 Å². The molecule has 1 unspecified atom stereocenters. The SMILES string of the molecule is CC(C)CN(CC(=O)O)C(=O)C(C)CCCNC(=O)OCC1c2ccccc2-c2ccccc21. The first-order valence-corrected chi connectivity index (χ1v) is 11.9. The van der Waals surface area contributed by atoms with Gasteiger partial charge in [-0.15, -0.1) is 0 Å².